The normalized spacial score (nSPS) is 11.8. The van der Waals surface area contributed by atoms with Crippen molar-refractivity contribution < 1.29 is 0 Å². The van der Waals surface area contributed by atoms with Crippen molar-refractivity contribution in [1.29, 1.82) is 0 Å². The lowest BCUT2D eigenvalue weighted by Gasteiger charge is -2.14. The molecule has 64 heavy (non-hydrogen) atoms. The maximum Gasteiger partial charge on any atom is 0.198 e. The number of allylic oxidation sites excluding steroid dienone is 3. The Bertz CT molecular complexity index is 3520. The van der Waals surface area contributed by atoms with Crippen LogP contribution in [0.5, 0.6) is 0 Å². The third-order valence-corrected chi connectivity index (χ3v) is 11.9. The lowest BCUT2D eigenvalue weighted by Crippen LogP contribution is -2.02. The van der Waals surface area contributed by atoms with E-state index in [1.165, 1.54) is 21.7 Å². The van der Waals surface area contributed by atoms with Crippen molar-refractivity contribution in [3.63, 3.8) is 0 Å². The van der Waals surface area contributed by atoms with Crippen molar-refractivity contribution in [2.24, 2.45) is 0 Å². The smallest absolute Gasteiger partial charge is 0.198 e. The SMILES string of the molecule is C/C=C\C=C/c1c(C)n(-c2cccc(-c3cc(-c4ccccc4)nc(-c4nc(-c5ccccc5)cc(-c5cccc(-n6c7ccccc7c7ccccc76)c5)n4)n3)c2)c2ccccc12. The van der Waals surface area contributed by atoms with Crippen molar-refractivity contribution in [3.05, 3.63) is 224 Å². The summed E-state index contributed by atoms with van der Waals surface area (Å²) in [6, 6.07) is 67.6. The molecule has 304 valence electrons. The van der Waals surface area contributed by atoms with Crippen LogP contribution in [-0.2, 0) is 0 Å². The van der Waals surface area contributed by atoms with E-state index in [0.717, 1.165) is 78.6 Å². The average Bonchev–Trinajstić information content (AvgIpc) is 3.85. The van der Waals surface area contributed by atoms with Crippen LogP contribution in [0.3, 0.4) is 0 Å². The topological polar surface area (TPSA) is 61.4 Å². The summed E-state index contributed by atoms with van der Waals surface area (Å²) in [7, 11) is 0. The fourth-order valence-corrected chi connectivity index (χ4v) is 8.91. The zero-order valence-corrected chi connectivity index (χ0v) is 35.5. The highest BCUT2D eigenvalue weighted by Gasteiger charge is 2.19. The van der Waals surface area contributed by atoms with Crippen molar-refractivity contribution in [2.45, 2.75) is 13.8 Å². The number of benzene rings is 7. The highest BCUT2D eigenvalue weighted by Crippen LogP contribution is 2.36. The molecule has 0 aliphatic rings. The van der Waals surface area contributed by atoms with E-state index in [0.29, 0.717) is 11.6 Å². The second kappa shape index (κ2) is 16.4. The Morgan fingerprint density at radius 2 is 0.781 bits per heavy atom. The summed E-state index contributed by atoms with van der Waals surface area (Å²) in [4.78, 5) is 21.0. The monoisotopic (exact) mass is 822 g/mol. The molecule has 0 fully saturated rings. The van der Waals surface area contributed by atoms with Gasteiger partial charge in [-0.15, -0.1) is 0 Å². The second-order valence-corrected chi connectivity index (χ2v) is 15.9. The molecule has 0 spiro atoms. The van der Waals surface area contributed by atoms with Crippen LogP contribution in [0, 0.1) is 6.92 Å². The molecule has 11 rings (SSSR count). The molecule has 0 saturated heterocycles. The van der Waals surface area contributed by atoms with Crippen LogP contribution in [0.1, 0.15) is 18.2 Å². The standard InChI is InChI=1S/C58H42N6/c1-3-4-7-28-46-39(2)63(54-32-15-12-29-47(46)54)44-26-18-24-42(35-44)52-37-50(40-20-8-5-9-21-40)59-57(61-52)58-60-51(41-22-10-6-11-23-41)38-53(62-58)43-25-19-27-45(36-43)64-55-33-16-13-30-48(55)49-31-14-17-34-56(49)64/h3-38H,1-2H3/b4-3-,28-7-. The minimum Gasteiger partial charge on any atom is -0.313 e. The first-order valence-corrected chi connectivity index (χ1v) is 21.6. The summed E-state index contributed by atoms with van der Waals surface area (Å²) < 4.78 is 4.67. The molecule has 11 aromatic rings. The molecular formula is C58H42N6. The van der Waals surface area contributed by atoms with Crippen molar-refractivity contribution in [3.8, 4) is 68.1 Å². The Morgan fingerprint density at radius 1 is 0.375 bits per heavy atom. The van der Waals surface area contributed by atoms with E-state index in [9.17, 15) is 0 Å². The third-order valence-electron chi connectivity index (χ3n) is 11.9. The van der Waals surface area contributed by atoms with E-state index < -0.39 is 0 Å². The van der Waals surface area contributed by atoms with E-state index in [4.69, 9.17) is 19.9 Å². The molecule has 0 aliphatic heterocycles. The first-order chi connectivity index (χ1) is 31.6. The molecule has 0 atom stereocenters. The van der Waals surface area contributed by atoms with Crippen molar-refractivity contribution >= 4 is 38.8 Å². The van der Waals surface area contributed by atoms with Gasteiger partial charge in [0.1, 0.15) is 0 Å². The molecule has 0 radical (unpaired) electrons. The summed E-state index contributed by atoms with van der Waals surface area (Å²) in [5.41, 5.74) is 14.9. The number of nitrogens with zero attached hydrogens (tertiary/aromatic N) is 6. The van der Waals surface area contributed by atoms with Gasteiger partial charge in [-0.3, -0.25) is 0 Å². The predicted molar refractivity (Wildman–Crippen MR) is 265 cm³/mol. The van der Waals surface area contributed by atoms with E-state index in [2.05, 4.69) is 192 Å². The van der Waals surface area contributed by atoms with E-state index in [1.807, 2.05) is 49.4 Å². The minimum atomic E-state index is 0.443. The fourth-order valence-electron chi connectivity index (χ4n) is 8.91. The van der Waals surface area contributed by atoms with Gasteiger partial charge in [0.2, 0.25) is 0 Å². The van der Waals surface area contributed by atoms with Gasteiger partial charge in [0.05, 0.1) is 39.3 Å². The maximum atomic E-state index is 5.30. The number of aromatic nitrogens is 6. The molecule has 7 aromatic carbocycles. The fraction of sp³-hybridized carbons (Fsp3) is 0.0345. The van der Waals surface area contributed by atoms with Crippen LogP contribution < -0.4 is 0 Å². The van der Waals surface area contributed by atoms with Crippen molar-refractivity contribution in [2.75, 3.05) is 0 Å². The lowest BCUT2D eigenvalue weighted by atomic mass is 10.1. The molecule has 0 saturated carbocycles. The van der Waals surface area contributed by atoms with E-state index >= 15 is 0 Å². The third kappa shape index (κ3) is 6.97. The number of hydrogen-bond donors (Lipinski definition) is 0. The Balaban J connectivity index is 1.08. The predicted octanol–water partition coefficient (Wildman–Crippen LogP) is 14.5. The second-order valence-electron chi connectivity index (χ2n) is 15.9. The first-order valence-electron chi connectivity index (χ1n) is 21.6. The zero-order valence-electron chi connectivity index (χ0n) is 35.5. The Morgan fingerprint density at radius 3 is 1.28 bits per heavy atom. The summed E-state index contributed by atoms with van der Waals surface area (Å²) >= 11 is 0. The van der Waals surface area contributed by atoms with Gasteiger partial charge >= 0.3 is 0 Å². The van der Waals surface area contributed by atoms with Gasteiger partial charge in [-0.1, -0.05) is 164 Å². The molecule has 0 aliphatic carbocycles. The Labute approximate surface area is 371 Å². The lowest BCUT2D eigenvalue weighted by molar-refractivity contribution is 1.05. The van der Waals surface area contributed by atoms with Crippen LogP contribution in [0.4, 0.5) is 0 Å². The molecule has 0 bridgehead atoms. The maximum absolute atomic E-state index is 5.30. The Hall–Kier alpha value is -8.48. The van der Waals surface area contributed by atoms with Gasteiger partial charge in [-0.25, -0.2) is 19.9 Å². The number of para-hydroxylation sites is 3. The van der Waals surface area contributed by atoms with Crippen LogP contribution in [0.2, 0.25) is 0 Å². The highest BCUT2D eigenvalue weighted by atomic mass is 15.0. The molecule has 4 aromatic heterocycles. The Kier molecular flexibility index (Phi) is 9.86. The molecule has 0 unspecified atom stereocenters. The van der Waals surface area contributed by atoms with Gasteiger partial charge in [0.25, 0.3) is 0 Å². The molecule has 0 N–H and O–H groups in total. The van der Waals surface area contributed by atoms with Crippen LogP contribution in [0.25, 0.3) is 107 Å². The van der Waals surface area contributed by atoms with Gasteiger partial charge in [-0.2, -0.15) is 0 Å². The van der Waals surface area contributed by atoms with Crippen LogP contribution >= 0.6 is 0 Å². The minimum absolute atomic E-state index is 0.443. The van der Waals surface area contributed by atoms with Gasteiger partial charge < -0.3 is 9.13 Å². The van der Waals surface area contributed by atoms with E-state index in [1.54, 1.807) is 0 Å². The molecular weight excluding hydrogens is 781 g/mol. The summed E-state index contributed by atoms with van der Waals surface area (Å²) in [6.45, 7) is 4.22. The molecule has 6 nitrogen and oxygen atoms in total. The number of rotatable bonds is 9. The van der Waals surface area contributed by atoms with Crippen LogP contribution in [0.15, 0.2) is 212 Å². The summed E-state index contributed by atoms with van der Waals surface area (Å²) in [5.74, 6) is 0.886. The molecule has 4 heterocycles. The zero-order chi connectivity index (χ0) is 43.0. The van der Waals surface area contributed by atoms with Crippen molar-refractivity contribution in [1.82, 2.24) is 29.1 Å². The largest absolute Gasteiger partial charge is 0.313 e. The van der Waals surface area contributed by atoms with Gasteiger partial charge in [-0.05, 0) is 68.4 Å². The highest BCUT2D eigenvalue weighted by molar-refractivity contribution is 6.09. The molecule has 0 amide bonds. The number of hydrogen-bond acceptors (Lipinski definition) is 4. The number of fused-ring (bicyclic) bond motifs is 4. The summed E-state index contributed by atoms with van der Waals surface area (Å²) in [5, 5.41) is 3.64. The van der Waals surface area contributed by atoms with Crippen LogP contribution in [-0.4, -0.2) is 29.1 Å². The summed E-state index contributed by atoms with van der Waals surface area (Å²) in [6.07, 6.45) is 8.41. The van der Waals surface area contributed by atoms with E-state index in [-0.39, 0.29) is 0 Å². The quantitative estimate of drug-likeness (QED) is 0.136. The van der Waals surface area contributed by atoms with Gasteiger partial charge in [0.15, 0.2) is 11.6 Å². The first kappa shape index (κ1) is 38.4. The van der Waals surface area contributed by atoms with Gasteiger partial charge in [0, 0.05) is 61.0 Å². The molecule has 6 heteroatoms. The average molecular weight is 823 g/mol.